The molecule has 0 aliphatic carbocycles. The minimum absolute atomic E-state index is 0.238. The molecule has 0 bridgehead atoms. The van der Waals surface area contributed by atoms with Crippen molar-refractivity contribution in [1.82, 2.24) is 5.43 Å². The zero-order chi connectivity index (χ0) is 17.9. The number of hydrogen-bond acceptors (Lipinski definition) is 5. The molecule has 126 valence electrons. The van der Waals surface area contributed by atoms with Crippen LogP contribution in [0.15, 0.2) is 66.3 Å². The highest BCUT2D eigenvalue weighted by atomic mass is 16.5. The Morgan fingerprint density at radius 3 is 2.88 bits per heavy atom. The summed E-state index contributed by atoms with van der Waals surface area (Å²) in [6.07, 6.45) is 3.16. The molecule has 6 nitrogen and oxygen atoms in total. The van der Waals surface area contributed by atoms with Crippen LogP contribution in [0, 0.1) is 11.3 Å². The lowest BCUT2D eigenvalue weighted by Gasteiger charge is -2.06. The Morgan fingerprint density at radius 1 is 1.24 bits per heavy atom. The molecule has 0 aromatic heterocycles. The highest BCUT2D eigenvalue weighted by Gasteiger charge is 2.05. The van der Waals surface area contributed by atoms with Gasteiger partial charge in [-0.2, -0.15) is 10.4 Å². The predicted molar refractivity (Wildman–Crippen MR) is 94.5 cm³/mol. The largest absolute Gasteiger partial charge is 0.490 e. The van der Waals surface area contributed by atoms with Gasteiger partial charge in [-0.25, -0.2) is 5.43 Å². The number of nitrogens with zero attached hydrogens (tertiary/aromatic N) is 2. The number of ether oxygens (including phenoxy) is 2. The van der Waals surface area contributed by atoms with E-state index in [4.69, 9.17) is 14.7 Å². The zero-order valence-corrected chi connectivity index (χ0v) is 13.5. The quantitative estimate of drug-likeness (QED) is 0.457. The molecule has 2 aromatic rings. The number of benzene rings is 2. The van der Waals surface area contributed by atoms with Gasteiger partial charge in [0.1, 0.15) is 24.2 Å². The van der Waals surface area contributed by atoms with Crippen molar-refractivity contribution in [3.8, 4) is 17.6 Å². The predicted octanol–water partition coefficient (Wildman–Crippen LogP) is 2.65. The van der Waals surface area contributed by atoms with Gasteiger partial charge < -0.3 is 9.47 Å². The minimum Gasteiger partial charge on any atom is -0.490 e. The fraction of sp³-hybridized carbons (Fsp3) is 0.105. The van der Waals surface area contributed by atoms with Gasteiger partial charge in [-0.3, -0.25) is 4.79 Å². The van der Waals surface area contributed by atoms with E-state index in [2.05, 4.69) is 17.1 Å². The SMILES string of the molecule is C=CCOc1cccc(/C=N\NC(=O)COc2ccccc2C#N)c1. The summed E-state index contributed by atoms with van der Waals surface area (Å²) in [4.78, 5) is 11.7. The normalized spacial score (nSPS) is 10.0. The molecule has 1 N–H and O–H groups in total. The first-order chi connectivity index (χ1) is 12.2. The summed E-state index contributed by atoms with van der Waals surface area (Å²) in [5, 5.41) is 12.8. The third kappa shape index (κ3) is 5.84. The van der Waals surface area contributed by atoms with E-state index in [-0.39, 0.29) is 6.61 Å². The fourth-order valence-corrected chi connectivity index (χ4v) is 1.88. The summed E-state index contributed by atoms with van der Waals surface area (Å²) in [6.45, 7) is 3.77. The topological polar surface area (TPSA) is 83.7 Å². The number of hydrazone groups is 1. The van der Waals surface area contributed by atoms with Crippen LogP contribution in [0.4, 0.5) is 0 Å². The van der Waals surface area contributed by atoms with Crippen molar-refractivity contribution in [3.63, 3.8) is 0 Å². The molecular weight excluding hydrogens is 318 g/mol. The van der Waals surface area contributed by atoms with E-state index in [9.17, 15) is 4.79 Å². The van der Waals surface area contributed by atoms with Gasteiger partial charge in [0, 0.05) is 0 Å². The van der Waals surface area contributed by atoms with Crippen LogP contribution in [0.25, 0.3) is 0 Å². The number of rotatable bonds is 8. The first-order valence-electron chi connectivity index (χ1n) is 7.50. The van der Waals surface area contributed by atoms with Crippen LogP contribution in [0.2, 0.25) is 0 Å². The molecule has 6 heteroatoms. The first kappa shape index (κ1) is 17.8. The highest BCUT2D eigenvalue weighted by Crippen LogP contribution is 2.16. The lowest BCUT2D eigenvalue weighted by Crippen LogP contribution is -2.24. The lowest BCUT2D eigenvalue weighted by molar-refractivity contribution is -0.123. The Balaban J connectivity index is 1.84. The van der Waals surface area contributed by atoms with Crippen molar-refractivity contribution in [2.45, 2.75) is 0 Å². The summed E-state index contributed by atoms with van der Waals surface area (Å²) in [7, 11) is 0. The number of carbonyl (C=O) groups excluding carboxylic acids is 1. The van der Waals surface area contributed by atoms with Crippen molar-refractivity contribution in [2.75, 3.05) is 13.2 Å². The van der Waals surface area contributed by atoms with Gasteiger partial charge in [-0.05, 0) is 29.8 Å². The average Bonchev–Trinajstić information content (AvgIpc) is 2.65. The Bertz CT molecular complexity index is 810. The van der Waals surface area contributed by atoms with Crippen LogP contribution in [0.3, 0.4) is 0 Å². The van der Waals surface area contributed by atoms with Crippen molar-refractivity contribution in [2.24, 2.45) is 5.10 Å². The number of nitriles is 1. The summed E-state index contributed by atoms with van der Waals surface area (Å²) in [5.74, 6) is 0.617. The molecule has 0 aliphatic rings. The first-order valence-corrected chi connectivity index (χ1v) is 7.50. The van der Waals surface area contributed by atoms with E-state index in [1.54, 1.807) is 36.4 Å². The summed E-state index contributed by atoms with van der Waals surface area (Å²) >= 11 is 0. The number of para-hydroxylation sites is 1. The summed E-state index contributed by atoms with van der Waals surface area (Å²) in [6, 6.07) is 16.0. The monoisotopic (exact) mass is 335 g/mol. The second-order valence-corrected chi connectivity index (χ2v) is 4.86. The van der Waals surface area contributed by atoms with Gasteiger partial charge in [0.05, 0.1) is 11.8 Å². The molecular formula is C19H17N3O3. The molecule has 1 amide bonds. The van der Waals surface area contributed by atoms with Gasteiger partial charge in [-0.15, -0.1) is 0 Å². The third-order valence-corrected chi connectivity index (χ3v) is 3.00. The van der Waals surface area contributed by atoms with E-state index in [1.165, 1.54) is 6.21 Å². The van der Waals surface area contributed by atoms with Crippen molar-refractivity contribution >= 4 is 12.1 Å². The molecule has 0 aliphatic heterocycles. The molecule has 0 atom stereocenters. The van der Waals surface area contributed by atoms with E-state index in [0.717, 1.165) is 5.56 Å². The minimum atomic E-state index is -0.428. The maximum absolute atomic E-state index is 11.7. The Kier molecular flexibility index (Phi) is 6.77. The van der Waals surface area contributed by atoms with Crippen LogP contribution in [0.5, 0.6) is 11.5 Å². The smallest absolute Gasteiger partial charge is 0.277 e. The zero-order valence-electron chi connectivity index (χ0n) is 13.5. The third-order valence-electron chi connectivity index (χ3n) is 3.00. The van der Waals surface area contributed by atoms with E-state index >= 15 is 0 Å². The molecule has 0 saturated carbocycles. The van der Waals surface area contributed by atoms with E-state index in [0.29, 0.717) is 23.7 Å². The molecule has 0 unspecified atom stereocenters. The number of amides is 1. The average molecular weight is 335 g/mol. The maximum Gasteiger partial charge on any atom is 0.277 e. The van der Waals surface area contributed by atoms with Crippen molar-refractivity contribution in [1.29, 1.82) is 5.26 Å². The van der Waals surface area contributed by atoms with Crippen molar-refractivity contribution < 1.29 is 14.3 Å². The molecule has 2 aromatic carbocycles. The van der Waals surface area contributed by atoms with Gasteiger partial charge in [0.2, 0.25) is 0 Å². The second-order valence-electron chi connectivity index (χ2n) is 4.86. The fourth-order valence-electron chi connectivity index (χ4n) is 1.88. The van der Waals surface area contributed by atoms with Crippen LogP contribution in [-0.2, 0) is 4.79 Å². The van der Waals surface area contributed by atoms with E-state index < -0.39 is 5.91 Å². The summed E-state index contributed by atoms with van der Waals surface area (Å²) < 4.78 is 10.7. The molecule has 0 fully saturated rings. The molecule has 0 saturated heterocycles. The van der Waals surface area contributed by atoms with Gasteiger partial charge in [0.25, 0.3) is 5.91 Å². The van der Waals surface area contributed by atoms with Crippen LogP contribution >= 0.6 is 0 Å². The molecule has 0 spiro atoms. The van der Waals surface area contributed by atoms with Crippen LogP contribution in [0.1, 0.15) is 11.1 Å². The maximum atomic E-state index is 11.7. The van der Waals surface area contributed by atoms with E-state index in [1.807, 2.05) is 24.3 Å². The molecule has 25 heavy (non-hydrogen) atoms. The molecule has 0 heterocycles. The van der Waals surface area contributed by atoms with Gasteiger partial charge in [0.15, 0.2) is 6.61 Å². The van der Waals surface area contributed by atoms with Crippen LogP contribution < -0.4 is 14.9 Å². The van der Waals surface area contributed by atoms with Gasteiger partial charge >= 0.3 is 0 Å². The number of hydrogen-bond donors (Lipinski definition) is 1. The Morgan fingerprint density at radius 2 is 2.08 bits per heavy atom. The highest BCUT2D eigenvalue weighted by molar-refractivity contribution is 5.83. The number of carbonyl (C=O) groups is 1. The molecule has 0 radical (unpaired) electrons. The molecule has 2 rings (SSSR count). The second kappa shape index (κ2) is 9.53. The van der Waals surface area contributed by atoms with Gasteiger partial charge in [-0.1, -0.05) is 36.9 Å². The lowest BCUT2D eigenvalue weighted by atomic mass is 10.2. The van der Waals surface area contributed by atoms with Crippen LogP contribution in [-0.4, -0.2) is 25.3 Å². The Labute approximate surface area is 146 Å². The number of nitrogens with one attached hydrogen (secondary N) is 1. The van der Waals surface area contributed by atoms with Crippen molar-refractivity contribution in [3.05, 3.63) is 72.3 Å². The Hall–Kier alpha value is -3.59. The summed E-state index contributed by atoms with van der Waals surface area (Å²) in [5.41, 5.74) is 3.51. The standard InChI is InChI=1S/C19H17N3O3/c1-2-10-24-17-8-5-6-15(11-17)13-21-22-19(23)14-25-18-9-4-3-7-16(18)12-20/h2-9,11,13H,1,10,14H2,(H,22,23)/b21-13-.